The second kappa shape index (κ2) is 5.45. The van der Waals surface area contributed by atoms with Gasteiger partial charge in [-0.2, -0.15) is 15.0 Å². The number of amides is 1. The van der Waals surface area contributed by atoms with Gasteiger partial charge in [0.25, 0.3) is 11.8 Å². The van der Waals surface area contributed by atoms with E-state index in [-0.39, 0.29) is 0 Å². The van der Waals surface area contributed by atoms with E-state index in [1.54, 1.807) is 24.3 Å². The Morgan fingerprint density at radius 2 is 1.95 bits per heavy atom. The quantitative estimate of drug-likeness (QED) is 0.890. The molecule has 6 nitrogen and oxygen atoms in total. The smallest absolute Gasteiger partial charge is 0.253 e. The van der Waals surface area contributed by atoms with Gasteiger partial charge in [0.15, 0.2) is 0 Å². The fourth-order valence-corrected chi connectivity index (χ4v) is 2.63. The number of nitrogens with two attached hydrogens (primary N) is 1. The van der Waals surface area contributed by atoms with Crippen molar-refractivity contribution in [2.45, 2.75) is 30.8 Å². The van der Waals surface area contributed by atoms with Crippen LogP contribution in [0.1, 0.15) is 23.2 Å². The second-order valence-corrected chi connectivity index (χ2v) is 5.34. The molecule has 0 bridgehead atoms. The molecular weight excluding hydrogens is 292 g/mol. The van der Waals surface area contributed by atoms with Gasteiger partial charge < -0.3 is 11.1 Å². The zero-order chi connectivity index (χ0) is 15.7. The molecule has 0 saturated heterocycles. The molecule has 2 atom stereocenters. The number of hydrogen-bond acceptors (Lipinski definition) is 4. The summed E-state index contributed by atoms with van der Waals surface area (Å²) < 4.78 is 26.7. The van der Waals surface area contributed by atoms with Crippen molar-refractivity contribution in [1.29, 1.82) is 0 Å². The van der Waals surface area contributed by atoms with E-state index in [1.165, 1.54) is 17.2 Å². The molecule has 2 unspecified atom stereocenters. The minimum Gasteiger partial charge on any atom is -0.347 e. The van der Waals surface area contributed by atoms with Gasteiger partial charge in [-0.15, -0.1) is 0 Å². The van der Waals surface area contributed by atoms with E-state index in [4.69, 9.17) is 5.73 Å². The van der Waals surface area contributed by atoms with E-state index in [9.17, 15) is 13.6 Å². The Bertz CT molecular complexity index is 674. The molecule has 1 aliphatic rings. The highest BCUT2D eigenvalue weighted by atomic mass is 19.3. The van der Waals surface area contributed by atoms with Crippen LogP contribution in [0.15, 0.2) is 36.7 Å². The van der Waals surface area contributed by atoms with Gasteiger partial charge in [0.1, 0.15) is 0 Å². The number of rotatable bonds is 3. The minimum absolute atomic E-state index is 0.307. The molecular formula is C14H15F2N5O. The predicted molar refractivity (Wildman–Crippen MR) is 74.8 cm³/mol. The number of alkyl halides is 2. The summed E-state index contributed by atoms with van der Waals surface area (Å²) in [4.78, 5) is 13.7. The summed E-state index contributed by atoms with van der Waals surface area (Å²) in [7, 11) is 0. The highest BCUT2D eigenvalue weighted by Gasteiger charge is 2.45. The first-order valence-electron chi connectivity index (χ1n) is 6.86. The molecule has 2 aromatic rings. The van der Waals surface area contributed by atoms with Crippen molar-refractivity contribution in [1.82, 2.24) is 20.3 Å². The zero-order valence-electron chi connectivity index (χ0n) is 11.6. The Hall–Kier alpha value is -2.35. The van der Waals surface area contributed by atoms with Crippen molar-refractivity contribution in [3.05, 3.63) is 42.2 Å². The van der Waals surface area contributed by atoms with E-state index >= 15 is 0 Å². The lowest BCUT2D eigenvalue weighted by Crippen LogP contribution is -2.44. The SMILES string of the molecule is NC1CC(F)(F)CC1NC(=O)c1ccccc1-n1nccn1. The van der Waals surface area contributed by atoms with E-state index in [1.807, 2.05) is 0 Å². The maximum absolute atomic E-state index is 13.3. The minimum atomic E-state index is -2.83. The lowest BCUT2D eigenvalue weighted by Gasteiger charge is -2.17. The van der Waals surface area contributed by atoms with Gasteiger partial charge in [-0.25, -0.2) is 8.78 Å². The van der Waals surface area contributed by atoms with Gasteiger partial charge >= 0.3 is 0 Å². The molecule has 116 valence electrons. The number of carbonyl (C=O) groups is 1. The van der Waals surface area contributed by atoms with Gasteiger partial charge in [-0.1, -0.05) is 12.1 Å². The summed E-state index contributed by atoms with van der Waals surface area (Å²) in [6, 6.07) is 5.19. The van der Waals surface area contributed by atoms with Crippen molar-refractivity contribution in [2.75, 3.05) is 0 Å². The van der Waals surface area contributed by atoms with Crippen LogP contribution in [0.25, 0.3) is 5.69 Å². The number of carbonyl (C=O) groups excluding carboxylic acids is 1. The topological polar surface area (TPSA) is 85.8 Å². The molecule has 3 rings (SSSR count). The molecule has 1 saturated carbocycles. The van der Waals surface area contributed by atoms with Crippen molar-refractivity contribution in [3.8, 4) is 5.69 Å². The molecule has 0 aliphatic heterocycles. The summed E-state index contributed by atoms with van der Waals surface area (Å²) in [5.41, 5.74) is 6.47. The molecule has 1 aliphatic carbocycles. The van der Waals surface area contributed by atoms with E-state index < -0.39 is 36.8 Å². The largest absolute Gasteiger partial charge is 0.347 e. The van der Waals surface area contributed by atoms with Crippen LogP contribution in [-0.2, 0) is 0 Å². The van der Waals surface area contributed by atoms with Crippen LogP contribution in [0.2, 0.25) is 0 Å². The number of hydrogen-bond donors (Lipinski definition) is 2. The maximum atomic E-state index is 13.3. The average Bonchev–Trinajstić information content (AvgIpc) is 3.07. The molecule has 1 aromatic heterocycles. The molecule has 1 fully saturated rings. The normalized spacial score (nSPS) is 23.4. The first-order chi connectivity index (χ1) is 10.5. The summed E-state index contributed by atoms with van der Waals surface area (Å²) in [5.74, 6) is -3.30. The maximum Gasteiger partial charge on any atom is 0.253 e. The van der Waals surface area contributed by atoms with Crippen LogP contribution in [0.4, 0.5) is 8.78 Å². The Labute approximate surface area is 125 Å². The number of benzene rings is 1. The molecule has 1 amide bonds. The van der Waals surface area contributed by atoms with Crippen LogP contribution in [0.5, 0.6) is 0 Å². The van der Waals surface area contributed by atoms with Crippen LogP contribution in [-0.4, -0.2) is 38.9 Å². The molecule has 8 heteroatoms. The standard InChI is InChI=1S/C14H15F2N5O/c15-14(16)7-10(17)11(8-14)20-13(22)9-3-1-2-4-12(9)21-18-5-6-19-21/h1-6,10-11H,7-8,17H2,(H,20,22). The van der Waals surface area contributed by atoms with Gasteiger partial charge in [0, 0.05) is 18.9 Å². The van der Waals surface area contributed by atoms with Crippen molar-refractivity contribution in [2.24, 2.45) is 5.73 Å². The molecule has 22 heavy (non-hydrogen) atoms. The number of halogens is 2. The zero-order valence-corrected chi connectivity index (χ0v) is 11.6. The summed E-state index contributed by atoms with van der Waals surface area (Å²) in [6.07, 6.45) is 2.12. The van der Waals surface area contributed by atoms with Gasteiger partial charge in [0.05, 0.1) is 29.7 Å². The van der Waals surface area contributed by atoms with Crippen LogP contribution in [0, 0.1) is 0 Å². The second-order valence-electron chi connectivity index (χ2n) is 5.34. The van der Waals surface area contributed by atoms with E-state index in [2.05, 4.69) is 15.5 Å². The monoisotopic (exact) mass is 307 g/mol. The van der Waals surface area contributed by atoms with Gasteiger partial charge in [-0.05, 0) is 12.1 Å². The Kier molecular flexibility index (Phi) is 3.61. The summed E-state index contributed by atoms with van der Waals surface area (Å²) >= 11 is 0. The Balaban J connectivity index is 1.82. The van der Waals surface area contributed by atoms with Crippen molar-refractivity contribution >= 4 is 5.91 Å². The number of aromatic nitrogens is 3. The molecule has 1 heterocycles. The van der Waals surface area contributed by atoms with E-state index in [0.29, 0.717) is 11.3 Å². The fraction of sp³-hybridized carbons (Fsp3) is 0.357. The van der Waals surface area contributed by atoms with Crippen LogP contribution >= 0.6 is 0 Å². The third-order valence-electron chi connectivity index (χ3n) is 3.67. The molecule has 3 N–H and O–H groups in total. The Morgan fingerprint density at radius 1 is 1.27 bits per heavy atom. The van der Waals surface area contributed by atoms with Crippen molar-refractivity contribution < 1.29 is 13.6 Å². The fourth-order valence-electron chi connectivity index (χ4n) is 2.63. The third-order valence-corrected chi connectivity index (χ3v) is 3.67. The number of nitrogens with zero attached hydrogens (tertiary/aromatic N) is 3. The number of nitrogens with one attached hydrogen (secondary N) is 1. The van der Waals surface area contributed by atoms with Crippen molar-refractivity contribution in [3.63, 3.8) is 0 Å². The van der Waals surface area contributed by atoms with E-state index in [0.717, 1.165) is 0 Å². The first kappa shape index (κ1) is 14.6. The van der Waals surface area contributed by atoms with Crippen LogP contribution < -0.4 is 11.1 Å². The van der Waals surface area contributed by atoms with Crippen LogP contribution in [0.3, 0.4) is 0 Å². The summed E-state index contributed by atoms with van der Waals surface area (Å²) in [6.45, 7) is 0. The number of para-hydroxylation sites is 1. The summed E-state index contributed by atoms with van der Waals surface area (Å²) in [5, 5.41) is 10.6. The van der Waals surface area contributed by atoms with Gasteiger partial charge in [0.2, 0.25) is 0 Å². The third kappa shape index (κ3) is 2.82. The Morgan fingerprint density at radius 3 is 2.59 bits per heavy atom. The highest BCUT2D eigenvalue weighted by molar-refractivity contribution is 5.97. The predicted octanol–water partition coefficient (Wildman–Crippen LogP) is 1.12. The molecule has 0 spiro atoms. The molecule has 1 aromatic carbocycles. The average molecular weight is 307 g/mol. The molecule has 0 radical (unpaired) electrons. The first-order valence-corrected chi connectivity index (χ1v) is 6.86. The lowest BCUT2D eigenvalue weighted by molar-refractivity contribution is 0.00614. The lowest BCUT2D eigenvalue weighted by atomic mass is 10.1. The highest BCUT2D eigenvalue weighted by Crippen LogP contribution is 2.34. The van der Waals surface area contributed by atoms with Gasteiger partial charge in [-0.3, -0.25) is 4.79 Å².